The fourth-order valence-corrected chi connectivity index (χ4v) is 4.65. The molecule has 0 saturated heterocycles. The van der Waals surface area contributed by atoms with E-state index in [-0.39, 0.29) is 13.0 Å². The van der Waals surface area contributed by atoms with Gasteiger partial charge in [-0.15, -0.1) is 0 Å². The maximum atomic E-state index is 13.0. The number of nitrogens with zero attached hydrogens (tertiary/aromatic N) is 2. The van der Waals surface area contributed by atoms with Crippen molar-refractivity contribution in [2.24, 2.45) is 4.99 Å². The van der Waals surface area contributed by atoms with Crippen LogP contribution in [0.4, 0.5) is 0 Å². The van der Waals surface area contributed by atoms with Gasteiger partial charge in [-0.3, -0.25) is 4.79 Å². The molecule has 0 amide bonds. The molecule has 2 aliphatic heterocycles. The van der Waals surface area contributed by atoms with E-state index in [0.29, 0.717) is 33.6 Å². The Morgan fingerprint density at radius 1 is 1.18 bits per heavy atom. The van der Waals surface area contributed by atoms with Crippen molar-refractivity contribution in [2.75, 3.05) is 6.61 Å². The lowest BCUT2D eigenvalue weighted by molar-refractivity contribution is -0.138. The van der Waals surface area contributed by atoms with Gasteiger partial charge in [0.2, 0.25) is 0 Å². The van der Waals surface area contributed by atoms with Gasteiger partial charge in [0.15, 0.2) is 5.17 Å². The Labute approximate surface area is 195 Å². The molecule has 0 aromatic heterocycles. The molecule has 1 unspecified atom stereocenters. The lowest BCUT2D eigenvalue weighted by Crippen LogP contribution is -2.37. The summed E-state index contributed by atoms with van der Waals surface area (Å²) in [6.07, 6.45) is 1.30. The van der Waals surface area contributed by atoms with Crippen LogP contribution in [0.5, 0.6) is 11.5 Å². The average Bonchev–Trinajstić information content (AvgIpc) is 3.18. The van der Waals surface area contributed by atoms with E-state index in [1.54, 1.807) is 17.2 Å². The van der Waals surface area contributed by atoms with E-state index in [9.17, 15) is 14.7 Å². The minimum atomic E-state index is -0.968. The molecule has 2 aliphatic rings. The van der Waals surface area contributed by atoms with Crippen LogP contribution in [-0.4, -0.2) is 33.7 Å². The maximum absolute atomic E-state index is 13.0. The van der Waals surface area contributed by atoms with Crippen molar-refractivity contribution < 1.29 is 24.2 Å². The number of hydrogen-bond donors (Lipinski definition) is 1. The SMILES string of the molecule is C=CCOC(=O)C1=C(C)N=C2SC=C(CC(=O)O)N2C1c1cccc(Oc2ccccc2)c1. The molecule has 2 aromatic rings. The highest BCUT2D eigenvalue weighted by Crippen LogP contribution is 2.45. The second-order valence-electron chi connectivity index (χ2n) is 7.34. The van der Waals surface area contributed by atoms with Gasteiger partial charge in [0.05, 0.1) is 23.7 Å². The minimum Gasteiger partial charge on any atom is -0.481 e. The molecular weight excluding hydrogens is 440 g/mol. The number of carboxylic acids is 1. The van der Waals surface area contributed by atoms with Gasteiger partial charge in [-0.1, -0.05) is 54.7 Å². The van der Waals surface area contributed by atoms with Crippen molar-refractivity contribution in [3.8, 4) is 11.5 Å². The number of carboxylic acid groups (broad SMARTS) is 1. The normalized spacial score (nSPS) is 17.1. The summed E-state index contributed by atoms with van der Waals surface area (Å²) in [6.45, 7) is 5.41. The van der Waals surface area contributed by atoms with E-state index < -0.39 is 18.0 Å². The largest absolute Gasteiger partial charge is 0.481 e. The fraction of sp³-hybridized carbons (Fsp3) is 0.160. The molecule has 0 bridgehead atoms. The summed E-state index contributed by atoms with van der Waals surface area (Å²) in [6, 6.07) is 16.1. The Kier molecular flexibility index (Phi) is 6.65. The number of carbonyl (C=O) groups excluding carboxylic acids is 1. The van der Waals surface area contributed by atoms with E-state index in [2.05, 4.69) is 11.6 Å². The third-order valence-electron chi connectivity index (χ3n) is 5.04. The monoisotopic (exact) mass is 462 g/mol. The summed E-state index contributed by atoms with van der Waals surface area (Å²) in [5.41, 5.74) is 2.16. The number of benzene rings is 2. The molecular formula is C25H22N2O5S. The van der Waals surface area contributed by atoms with Gasteiger partial charge in [0.1, 0.15) is 18.1 Å². The highest BCUT2D eigenvalue weighted by Gasteiger charge is 2.41. The number of ether oxygens (including phenoxy) is 2. The van der Waals surface area contributed by atoms with Crippen LogP contribution in [0.1, 0.15) is 24.9 Å². The third-order valence-corrected chi connectivity index (χ3v) is 5.93. The van der Waals surface area contributed by atoms with E-state index in [0.717, 1.165) is 5.56 Å². The van der Waals surface area contributed by atoms with Crippen LogP contribution in [-0.2, 0) is 14.3 Å². The van der Waals surface area contributed by atoms with E-state index in [4.69, 9.17) is 9.47 Å². The molecule has 8 heteroatoms. The van der Waals surface area contributed by atoms with Crippen molar-refractivity contribution in [3.05, 3.63) is 95.2 Å². The second kappa shape index (κ2) is 9.79. The number of hydrogen-bond acceptors (Lipinski definition) is 7. The number of carbonyl (C=O) groups is 2. The van der Waals surface area contributed by atoms with Gasteiger partial charge in [0, 0.05) is 5.70 Å². The third kappa shape index (κ3) is 4.85. The van der Waals surface area contributed by atoms with E-state index in [1.165, 1.54) is 17.8 Å². The highest BCUT2D eigenvalue weighted by atomic mass is 32.2. The predicted octanol–water partition coefficient (Wildman–Crippen LogP) is 5.26. The number of allylic oxidation sites excluding steroid dienone is 1. The molecule has 33 heavy (non-hydrogen) atoms. The predicted molar refractivity (Wildman–Crippen MR) is 127 cm³/mol. The van der Waals surface area contributed by atoms with Crippen LogP contribution in [0.25, 0.3) is 0 Å². The van der Waals surface area contributed by atoms with Crippen molar-refractivity contribution in [1.82, 2.24) is 4.90 Å². The Morgan fingerprint density at radius 2 is 1.94 bits per heavy atom. The summed E-state index contributed by atoms with van der Waals surface area (Å²) in [4.78, 5) is 30.9. The van der Waals surface area contributed by atoms with Gasteiger partial charge in [-0.05, 0) is 42.2 Å². The number of aliphatic imine (C=N–C) groups is 1. The molecule has 0 spiro atoms. The summed E-state index contributed by atoms with van der Waals surface area (Å²) in [5, 5.41) is 11.8. The molecule has 2 aromatic carbocycles. The van der Waals surface area contributed by atoms with Gasteiger partial charge in [0.25, 0.3) is 0 Å². The smallest absolute Gasteiger partial charge is 0.338 e. The zero-order valence-corrected chi connectivity index (χ0v) is 18.7. The number of amidine groups is 1. The quantitative estimate of drug-likeness (QED) is 0.423. The molecule has 168 valence electrons. The number of thioether (sulfide) groups is 1. The molecule has 0 aliphatic carbocycles. The first-order valence-corrected chi connectivity index (χ1v) is 11.1. The summed E-state index contributed by atoms with van der Waals surface area (Å²) in [7, 11) is 0. The Morgan fingerprint density at radius 3 is 2.67 bits per heavy atom. The van der Waals surface area contributed by atoms with Crippen LogP contribution in [0.2, 0.25) is 0 Å². The van der Waals surface area contributed by atoms with Gasteiger partial charge < -0.3 is 19.5 Å². The highest BCUT2D eigenvalue weighted by molar-refractivity contribution is 8.16. The Hall–Kier alpha value is -3.78. The van der Waals surface area contributed by atoms with Crippen molar-refractivity contribution in [1.29, 1.82) is 0 Å². The van der Waals surface area contributed by atoms with Crippen LogP contribution in [0.15, 0.2) is 94.6 Å². The first-order valence-electron chi connectivity index (χ1n) is 10.2. The van der Waals surface area contributed by atoms with Crippen molar-refractivity contribution in [2.45, 2.75) is 19.4 Å². The standard InChI is InChI=1S/C25H22N2O5S/c1-3-12-31-24(30)22-16(2)26-25-27(18(15-33-25)14-21(28)29)23(22)17-8-7-11-20(13-17)32-19-9-5-4-6-10-19/h3-11,13,15,23H,1,12,14H2,2H3,(H,28,29). The lowest BCUT2D eigenvalue weighted by atomic mass is 9.93. The van der Waals surface area contributed by atoms with Crippen molar-refractivity contribution >= 4 is 28.9 Å². The first kappa shape index (κ1) is 22.4. The number of esters is 1. The first-order chi connectivity index (χ1) is 16.0. The number of rotatable bonds is 8. The summed E-state index contributed by atoms with van der Waals surface area (Å²) < 4.78 is 11.4. The van der Waals surface area contributed by atoms with Crippen LogP contribution >= 0.6 is 11.8 Å². The zero-order valence-electron chi connectivity index (χ0n) is 17.9. The Balaban J connectivity index is 1.77. The second-order valence-corrected chi connectivity index (χ2v) is 8.17. The van der Waals surface area contributed by atoms with Crippen LogP contribution in [0, 0.1) is 0 Å². The van der Waals surface area contributed by atoms with Gasteiger partial charge in [-0.2, -0.15) is 0 Å². The molecule has 0 saturated carbocycles. The van der Waals surface area contributed by atoms with E-state index in [1.807, 2.05) is 54.6 Å². The van der Waals surface area contributed by atoms with Crippen molar-refractivity contribution in [3.63, 3.8) is 0 Å². The van der Waals surface area contributed by atoms with Gasteiger partial charge >= 0.3 is 11.9 Å². The lowest BCUT2D eigenvalue weighted by Gasteiger charge is -2.36. The van der Waals surface area contributed by atoms with E-state index >= 15 is 0 Å². The molecule has 7 nitrogen and oxygen atoms in total. The zero-order chi connectivity index (χ0) is 23.4. The number of aliphatic carboxylic acids is 1. The number of para-hydroxylation sites is 1. The molecule has 0 radical (unpaired) electrons. The van der Waals surface area contributed by atoms with Gasteiger partial charge in [-0.25, -0.2) is 9.79 Å². The molecule has 0 fully saturated rings. The molecule has 2 heterocycles. The topological polar surface area (TPSA) is 88.4 Å². The minimum absolute atomic E-state index is 0.0582. The fourth-order valence-electron chi connectivity index (χ4n) is 3.69. The number of fused-ring (bicyclic) bond motifs is 1. The molecule has 1 N–H and O–H groups in total. The Bertz CT molecular complexity index is 1190. The maximum Gasteiger partial charge on any atom is 0.338 e. The summed E-state index contributed by atoms with van der Waals surface area (Å²) in [5.74, 6) is -0.220. The van der Waals surface area contributed by atoms with Crippen LogP contribution < -0.4 is 4.74 Å². The van der Waals surface area contributed by atoms with Crippen LogP contribution in [0.3, 0.4) is 0 Å². The summed E-state index contributed by atoms with van der Waals surface area (Å²) >= 11 is 1.33. The average molecular weight is 463 g/mol. The molecule has 1 atom stereocenters. The molecule has 4 rings (SSSR count).